The molecule has 3 fully saturated rings. The standard InChI is InChI=1S/C50H67N5O9S/c1-10-46(59)26-31-27-49(44(57)62-8,40-33(15-19-54(28-31)29-46)34-23-32(13-14-37(34)51-40)65-22-21-52(4)5)36-24-35-38(25-39(36)61-7)53(6)42-48(35)17-20-55-18-12-16-47(11-2,41(48)55)43(64-30(3)56)50(42,60)45(58)63-9/h12-14,16,23-25,31,41-43,51,59-60H,10-11,15,17-22,26-29H2,1-9H3/t31-,41+,42-,43-,46+,47-,48-,49+,50+/m1/s1. The number of H-pyrrole nitrogens is 1. The SMILES string of the molecule is CC[C@]1(O)C[C@H]2CN(CCc3c([nH]c4ccc(SCCN(C)C)cc34)[C@@](C(=O)OC)(c3cc4c(cc3OC)N(C)[C@H]3[C@@](O)(C(=O)OC)[C@H](OC(C)=O)[C@]5(CC)C=CCN6CC[C@]43[C@@H]65)C2)C1. The van der Waals surface area contributed by atoms with Crippen molar-refractivity contribution < 1.29 is 43.5 Å². The predicted molar refractivity (Wildman–Crippen MR) is 250 cm³/mol. The molecule has 1 saturated carbocycles. The number of fused-ring (bicyclic) bond motifs is 6. The number of hydrogen-bond acceptors (Lipinski definition) is 14. The summed E-state index contributed by atoms with van der Waals surface area (Å²) >= 11 is 1.80. The first-order valence-electron chi connectivity index (χ1n) is 23.3. The van der Waals surface area contributed by atoms with E-state index in [9.17, 15) is 19.8 Å². The molecule has 1 unspecified atom stereocenters. The molecule has 2 saturated heterocycles. The van der Waals surface area contributed by atoms with Crippen LogP contribution in [0.15, 0.2) is 47.4 Å². The first-order chi connectivity index (χ1) is 31.0. The van der Waals surface area contributed by atoms with Gasteiger partial charge in [-0.1, -0.05) is 26.0 Å². The van der Waals surface area contributed by atoms with E-state index < -0.39 is 57.5 Å². The van der Waals surface area contributed by atoms with Gasteiger partial charge in [0.05, 0.1) is 33.0 Å². The Kier molecular flexibility index (Phi) is 11.7. The number of rotatable bonds is 11. The van der Waals surface area contributed by atoms with E-state index in [2.05, 4.69) is 70.2 Å². The molecule has 1 aliphatic carbocycles. The van der Waals surface area contributed by atoms with Crippen molar-refractivity contribution in [3.05, 3.63) is 64.9 Å². The number of thioether (sulfide) groups is 1. The van der Waals surface area contributed by atoms with Gasteiger partial charge in [-0.05, 0) is 100 Å². The Labute approximate surface area is 386 Å². The lowest BCUT2D eigenvalue weighted by Gasteiger charge is -2.63. The highest BCUT2D eigenvalue weighted by Gasteiger charge is 2.80. The van der Waals surface area contributed by atoms with E-state index in [4.69, 9.17) is 18.9 Å². The van der Waals surface area contributed by atoms with E-state index in [1.54, 1.807) is 18.9 Å². The van der Waals surface area contributed by atoms with Gasteiger partial charge in [-0.2, -0.15) is 0 Å². The molecule has 0 amide bonds. The lowest BCUT2D eigenvalue weighted by Crippen LogP contribution is -2.81. The lowest BCUT2D eigenvalue weighted by atomic mass is 9.47. The number of esters is 3. The van der Waals surface area contributed by atoms with E-state index in [1.807, 2.05) is 31.9 Å². The summed E-state index contributed by atoms with van der Waals surface area (Å²) in [5.41, 5.74) is -1.69. The van der Waals surface area contributed by atoms with Gasteiger partial charge in [0.25, 0.3) is 0 Å². The van der Waals surface area contributed by atoms with Crippen LogP contribution in [0.25, 0.3) is 10.9 Å². The first kappa shape index (κ1) is 46.0. The van der Waals surface area contributed by atoms with Crippen LogP contribution in [0.2, 0.25) is 0 Å². The third kappa shape index (κ3) is 6.63. The number of piperidine rings is 1. The monoisotopic (exact) mass is 913 g/mol. The highest BCUT2D eigenvalue weighted by atomic mass is 32.2. The molecule has 65 heavy (non-hydrogen) atoms. The minimum Gasteiger partial charge on any atom is -0.496 e. The number of ether oxygens (including phenoxy) is 4. The number of carbonyl (C=O) groups excluding carboxylic acids is 3. The summed E-state index contributed by atoms with van der Waals surface area (Å²) in [6.45, 7) is 9.54. The van der Waals surface area contributed by atoms with Crippen molar-refractivity contribution in [1.82, 2.24) is 19.7 Å². The second-order valence-corrected chi connectivity index (χ2v) is 21.2. The average Bonchev–Trinajstić information content (AvgIpc) is 3.95. The number of hydrogen-bond donors (Lipinski definition) is 3. The number of methoxy groups -OCH3 is 3. The number of carbonyl (C=O) groups is 3. The van der Waals surface area contributed by atoms with Crippen LogP contribution in [-0.4, -0.2) is 165 Å². The molecule has 3 N–H and O–H groups in total. The molecule has 0 radical (unpaired) electrons. The van der Waals surface area contributed by atoms with E-state index in [0.717, 1.165) is 50.6 Å². The quantitative estimate of drug-likeness (QED) is 0.106. The molecule has 9 rings (SSSR count). The Morgan fingerprint density at radius 2 is 1.74 bits per heavy atom. The van der Waals surface area contributed by atoms with Gasteiger partial charge < -0.3 is 43.9 Å². The predicted octanol–water partition coefficient (Wildman–Crippen LogP) is 4.64. The fraction of sp³-hybridized carbons (Fsp3) is 0.620. The first-order valence-corrected chi connectivity index (χ1v) is 24.3. The normalized spacial score (nSPS) is 34.8. The van der Waals surface area contributed by atoms with Crippen LogP contribution in [0.5, 0.6) is 5.75 Å². The molecule has 1 spiro atoms. The summed E-state index contributed by atoms with van der Waals surface area (Å²) in [7, 11) is 10.3. The number of anilines is 1. The number of likely N-dealkylation sites (N-methyl/N-ethyl adjacent to an activating group) is 1. The molecule has 2 aromatic carbocycles. The summed E-state index contributed by atoms with van der Waals surface area (Å²) in [6.07, 6.45) is 5.90. The van der Waals surface area contributed by atoms with E-state index in [1.165, 1.54) is 21.1 Å². The van der Waals surface area contributed by atoms with Crippen molar-refractivity contribution in [1.29, 1.82) is 0 Å². The van der Waals surface area contributed by atoms with Crippen molar-refractivity contribution >= 4 is 46.3 Å². The fourth-order valence-corrected chi connectivity index (χ4v) is 15.0. The van der Waals surface area contributed by atoms with Gasteiger partial charge >= 0.3 is 17.9 Å². The van der Waals surface area contributed by atoms with Crippen LogP contribution in [0, 0.1) is 11.3 Å². The van der Waals surface area contributed by atoms with Crippen LogP contribution in [0.1, 0.15) is 75.3 Å². The van der Waals surface area contributed by atoms with E-state index in [-0.39, 0.29) is 12.0 Å². The second kappa shape index (κ2) is 16.6. The lowest BCUT2D eigenvalue weighted by molar-refractivity contribution is -0.228. The molecule has 5 aliphatic heterocycles. The molecule has 6 heterocycles. The Morgan fingerprint density at radius 3 is 2.42 bits per heavy atom. The number of nitrogens with one attached hydrogen (secondary N) is 1. The zero-order chi connectivity index (χ0) is 46.4. The zero-order valence-electron chi connectivity index (χ0n) is 39.5. The number of benzene rings is 2. The summed E-state index contributed by atoms with van der Waals surface area (Å²) in [5, 5.41) is 26.6. The van der Waals surface area contributed by atoms with Gasteiger partial charge in [0.2, 0.25) is 5.60 Å². The van der Waals surface area contributed by atoms with Crippen LogP contribution >= 0.6 is 11.8 Å². The highest BCUT2D eigenvalue weighted by molar-refractivity contribution is 7.99. The minimum atomic E-state index is -2.31. The maximum absolute atomic E-state index is 15.6. The Hall–Kier alpha value is -4.12. The Morgan fingerprint density at radius 1 is 0.969 bits per heavy atom. The van der Waals surface area contributed by atoms with E-state index >= 15 is 4.79 Å². The van der Waals surface area contributed by atoms with Gasteiger partial charge in [-0.25, -0.2) is 4.79 Å². The van der Waals surface area contributed by atoms with Crippen molar-refractivity contribution in [2.75, 3.05) is 92.4 Å². The largest absolute Gasteiger partial charge is 0.496 e. The average molecular weight is 914 g/mol. The molecule has 14 nitrogen and oxygen atoms in total. The third-order valence-electron chi connectivity index (χ3n) is 16.5. The molecule has 6 aliphatic rings. The highest BCUT2D eigenvalue weighted by Crippen LogP contribution is 2.68. The third-order valence-corrected chi connectivity index (χ3v) is 17.4. The summed E-state index contributed by atoms with van der Waals surface area (Å²) < 4.78 is 24.2. The second-order valence-electron chi connectivity index (χ2n) is 20.0. The smallest absolute Gasteiger partial charge is 0.344 e. The summed E-state index contributed by atoms with van der Waals surface area (Å²) in [6, 6.07) is 9.33. The van der Waals surface area contributed by atoms with Gasteiger partial charge in [0.1, 0.15) is 11.2 Å². The summed E-state index contributed by atoms with van der Waals surface area (Å²) in [4.78, 5) is 57.1. The molecule has 2 bridgehead atoms. The Bertz CT molecular complexity index is 2420. The number of aromatic amines is 1. The maximum atomic E-state index is 15.6. The van der Waals surface area contributed by atoms with Crippen LogP contribution < -0.4 is 9.64 Å². The number of aromatic nitrogens is 1. The van der Waals surface area contributed by atoms with Gasteiger partial charge in [-0.15, -0.1) is 11.8 Å². The van der Waals surface area contributed by atoms with Crippen LogP contribution in [0.4, 0.5) is 5.69 Å². The minimum absolute atomic E-state index is 0.115. The molecule has 352 valence electrons. The van der Waals surface area contributed by atoms with Crippen molar-refractivity contribution in [3.8, 4) is 5.75 Å². The fourth-order valence-electron chi connectivity index (χ4n) is 14.0. The number of nitrogens with zero attached hydrogens (tertiary/aromatic N) is 4. The van der Waals surface area contributed by atoms with Crippen molar-refractivity contribution in [2.24, 2.45) is 11.3 Å². The maximum Gasteiger partial charge on any atom is 0.344 e. The van der Waals surface area contributed by atoms with Gasteiger partial charge in [-0.3, -0.25) is 19.4 Å². The summed E-state index contributed by atoms with van der Waals surface area (Å²) in [5.74, 6) is -0.658. The van der Waals surface area contributed by atoms with Gasteiger partial charge in [0.15, 0.2) is 6.10 Å². The van der Waals surface area contributed by atoms with Crippen molar-refractivity contribution in [2.45, 2.75) is 104 Å². The molecule has 3 aromatic rings. The van der Waals surface area contributed by atoms with E-state index in [0.29, 0.717) is 82.6 Å². The molecule has 15 heteroatoms. The van der Waals surface area contributed by atoms with Gasteiger partial charge in [0, 0.05) is 108 Å². The van der Waals surface area contributed by atoms with Crippen LogP contribution in [0.3, 0.4) is 0 Å². The Balaban J connectivity index is 1.34. The molecular formula is C50H67N5O9S. The zero-order valence-corrected chi connectivity index (χ0v) is 40.3. The molecule has 1 aromatic heterocycles. The topological polar surface area (TPSA) is 157 Å². The number of aliphatic hydroxyl groups is 2. The molecular weight excluding hydrogens is 847 g/mol. The van der Waals surface area contributed by atoms with Crippen molar-refractivity contribution in [3.63, 3.8) is 0 Å². The van der Waals surface area contributed by atoms with Crippen LogP contribution in [-0.2, 0) is 45.8 Å². The molecule has 10 atom stereocenters.